The van der Waals surface area contributed by atoms with Gasteiger partial charge in [0.2, 0.25) is 0 Å². The van der Waals surface area contributed by atoms with Gasteiger partial charge in [-0.25, -0.2) is 0 Å². The minimum absolute atomic E-state index is 0.374. The van der Waals surface area contributed by atoms with Gasteiger partial charge in [-0.15, -0.1) is 0 Å². The zero-order valence-corrected chi connectivity index (χ0v) is 13.3. The van der Waals surface area contributed by atoms with Gasteiger partial charge in [-0.05, 0) is 66.0 Å². The van der Waals surface area contributed by atoms with E-state index in [1.807, 2.05) is 0 Å². The average molecular weight is 268 g/mol. The lowest BCUT2D eigenvalue weighted by atomic mass is 9.95. The fourth-order valence-corrected chi connectivity index (χ4v) is 3.48. The third-order valence-corrected chi connectivity index (χ3v) is 4.59. The monoisotopic (exact) mass is 268 g/mol. The van der Waals surface area contributed by atoms with Crippen LogP contribution >= 0.6 is 0 Å². The van der Waals surface area contributed by atoms with E-state index in [9.17, 15) is 0 Å². The van der Waals surface area contributed by atoms with Crippen LogP contribution in [0, 0.1) is 5.92 Å². The number of nitrogens with zero attached hydrogens (tertiary/aromatic N) is 2. The van der Waals surface area contributed by atoms with Gasteiger partial charge in [-0.3, -0.25) is 0 Å². The van der Waals surface area contributed by atoms with Crippen LogP contribution < -0.4 is 0 Å². The first kappa shape index (κ1) is 15.3. The summed E-state index contributed by atoms with van der Waals surface area (Å²) in [5.74, 6) is 0.910. The van der Waals surface area contributed by atoms with Crippen molar-refractivity contribution in [1.82, 2.24) is 9.80 Å². The molecule has 0 aromatic carbocycles. The van der Waals surface area contributed by atoms with Crippen LogP contribution in [0.25, 0.3) is 0 Å². The van der Waals surface area contributed by atoms with E-state index in [2.05, 4.69) is 37.5 Å². The zero-order chi connectivity index (χ0) is 13.8. The normalized spacial score (nSPS) is 27.8. The fourth-order valence-electron chi connectivity index (χ4n) is 3.48. The number of rotatable bonds is 5. The van der Waals surface area contributed by atoms with E-state index in [-0.39, 0.29) is 0 Å². The molecule has 0 aromatic heterocycles. The van der Waals surface area contributed by atoms with E-state index in [1.165, 1.54) is 45.4 Å². The van der Waals surface area contributed by atoms with Crippen molar-refractivity contribution >= 4 is 0 Å². The van der Waals surface area contributed by atoms with Crippen molar-refractivity contribution in [3.05, 3.63) is 0 Å². The maximum Gasteiger partial charge on any atom is 0.0717 e. The molecule has 0 aromatic rings. The Morgan fingerprint density at radius 3 is 2.26 bits per heavy atom. The molecule has 112 valence electrons. The molecule has 0 aliphatic carbocycles. The first-order valence-corrected chi connectivity index (χ1v) is 8.16. The molecule has 19 heavy (non-hydrogen) atoms. The molecule has 2 heterocycles. The molecule has 2 rings (SSSR count). The molecule has 1 unspecified atom stereocenters. The summed E-state index contributed by atoms with van der Waals surface area (Å²) in [6, 6.07) is 0.719. The molecule has 0 radical (unpaired) electrons. The summed E-state index contributed by atoms with van der Waals surface area (Å²) in [6.45, 7) is 15.2. The molecule has 2 saturated heterocycles. The lowest BCUT2D eigenvalue weighted by Gasteiger charge is -2.36. The second kappa shape index (κ2) is 7.05. The minimum atomic E-state index is 0.374. The van der Waals surface area contributed by atoms with Crippen LogP contribution in [0.4, 0.5) is 0 Å². The van der Waals surface area contributed by atoms with Crippen molar-refractivity contribution in [3.63, 3.8) is 0 Å². The van der Waals surface area contributed by atoms with Gasteiger partial charge in [0.25, 0.3) is 0 Å². The molecule has 0 amide bonds. The van der Waals surface area contributed by atoms with E-state index in [0.29, 0.717) is 12.2 Å². The second-order valence-corrected chi connectivity index (χ2v) is 6.93. The highest BCUT2D eigenvalue weighted by Gasteiger charge is 2.27. The maximum atomic E-state index is 5.93. The Bertz CT molecular complexity index is 259. The molecule has 0 bridgehead atoms. The Morgan fingerprint density at radius 2 is 1.68 bits per heavy atom. The fraction of sp³-hybridized carbons (Fsp3) is 1.00. The highest BCUT2D eigenvalue weighted by Crippen LogP contribution is 2.22. The predicted octanol–water partition coefficient (Wildman–Crippen LogP) is 2.61. The second-order valence-electron chi connectivity index (χ2n) is 6.93. The summed E-state index contributed by atoms with van der Waals surface area (Å²) in [5.41, 5.74) is 0. The first-order valence-electron chi connectivity index (χ1n) is 8.16. The van der Waals surface area contributed by atoms with Crippen molar-refractivity contribution in [1.29, 1.82) is 0 Å². The minimum Gasteiger partial charge on any atom is -0.374 e. The highest BCUT2D eigenvalue weighted by atomic mass is 16.5. The molecule has 2 aliphatic rings. The number of piperidine rings is 1. The highest BCUT2D eigenvalue weighted by molar-refractivity contribution is 4.81. The standard InChI is InChI=1S/C16H32N2O/c1-13(2)18-9-5-15(6-10-18)11-17-8-7-16(12-17)19-14(3)4/h13-16H,5-12H2,1-4H3. The van der Waals surface area contributed by atoms with Gasteiger partial charge < -0.3 is 14.5 Å². The molecule has 0 spiro atoms. The third-order valence-electron chi connectivity index (χ3n) is 4.59. The van der Waals surface area contributed by atoms with Crippen LogP contribution in [0.5, 0.6) is 0 Å². The summed E-state index contributed by atoms with van der Waals surface area (Å²) >= 11 is 0. The Hall–Kier alpha value is -0.120. The van der Waals surface area contributed by atoms with E-state index in [4.69, 9.17) is 4.74 Å². The van der Waals surface area contributed by atoms with Crippen molar-refractivity contribution in [2.45, 2.75) is 65.2 Å². The summed E-state index contributed by atoms with van der Waals surface area (Å²) in [4.78, 5) is 5.24. The number of hydrogen-bond donors (Lipinski definition) is 0. The average Bonchev–Trinajstić information content (AvgIpc) is 2.76. The number of hydrogen-bond acceptors (Lipinski definition) is 3. The van der Waals surface area contributed by atoms with Crippen molar-refractivity contribution < 1.29 is 4.74 Å². The Balaban J connectivity index is 1.66. The molecule has 1 atom stereocenters. The quantitative estimate of drug-likeness (QED) is 0.762. The largest absolute Gasteiger partial charge is 0.374 e. The molecule has 2 aliphatic heterocycles. The van der Waals surface area contributed by atoms with E-state index < -0.39 is 0 Å². The molecular weight excluding hydrogens is 236 g/mol. The first-order chi connectivity index (χ1) is 9.04. The zero-order valence-electron chi connectivity index (χ0n) is 13.3. The van der Waals surface area contributed by atoms with Gasteiger partial charge in [0, 0.05) is 25.7 Å². The van der Waals surface area contributed by atoms with Crippen LogP contribution in [0.15, 0.2) is 0 Å². The van der Waals surface area contributed by atoms with Gasteiger partial charge in [-0.1, -0.05) is 0 Å². The number of ether oxygens (including phenoxy) is 1. The molecule has 3 nitrogen and oxygen atoms in total. The molecule has 3 heteroatoms. The van der Waals surface area contributed by atoms with Crippen molar-refractivity contribution in [2.75, 3.05) is 32.7 Å². The topological polar surface area (TPSA) is 15.7 Å². The Labute approximate surface area is 119 Å². The molecule has 0 N–H and O–H groups in total. The Kier molecular flexibility index (Phi) is 5.67. The number of likely N-dealkylation sites (tertiary alicyclic amines) is 2. The van der Waals surface area contributed by atoms with Gasteiger partial charge in [0.15, 0.2) is 0 Å². The summed E-state index contributed by atoms with van der Waals surface area (Å²) in [5, 5.41) is 0. The summed E-state index contributed by atoms with van der Waals surface area (Å²) in [7, 11) is 0. The van der Waals surface area contributed by atoms with Crippen LogP contribution in [-0.4, -0.2) is 60.8 Å². The van der Waals surface area contributed by atoms with E-state index in [0.717, 1.165) is 18.5 Å². The van der Waals surface area contributed by atoms with Gasteiger partial charge in [0.05, 0.1) is 12.2 Å². The van der Waals surface area contributed by atoms with Crippen molar-refractivity contribution in [2.24, 2.45) is 5.92 Å². The summed E-state index contributed by atoms with van der Waals surface area (Å²) in [6.07, 6.45) is 4.84. The van der Waals surface area contributed by atoms with E-state index in [1.54, 1.807) is 0 Å². The van der Waals surface area contributed by atoms with Crippen LogP contribution in [0.2, 0.25) is 0 Å². The lowest BCUT2D eigenvalue weighted by molar-refractivity contribution is 0.0125. The smallest absolute Gasteiger partial charge is 0.0717 e. The third kappa shape index (κ3) is 4.73. The molecular formula is C16H32N2O. The molecule has 0 saturated carbocycles. The SMILES string of the molecule is CC(C)OC1CCN(CC2CCN(C(C)C)CC2)C1. The molecule has 2 fully saturated rings. The summed E-state index contributed by atoms with van der Waals surface area (Å²) < 4.78 is 5.93. The lowest BCUT2D eigenvalue weighted by Crippen LogP contribution is -2.41. The predicted molar refractivity (Wildman–Crippen MR) is 80.5 cm³/mol. The van der Waals surface area contributed by atoms with Crippen molar-refractivity contribution in [3.8, 4) is 0 Å². The van der Waals surface area contributed by atoms with Gasteiger partial charge in [0.1, 0.15) is 0 Å². The maximum absolute atomic E-state index is 5.93. The van der Waals surface area contributed by atoms with E-state index >= 15 is 0 Å². The Morgan fingerprint density at radius 1 is 1.00 bits per heavy atom. The van der Waals surface area contributed by atoms with Crippen LogP contribution in [0.1, 0.15) is 47.0 Å². The van der Waals surface area contributed by atoms with Crippen LogP contribution in [0.3, 0.4) is 0 Å². The van der Waals surface area contributed by atoms with Crippen LogP contribution in [-0.2, 0) is 4.74 Å². The van der Waals surface area contributed by atoms with Gasteiger partial charge >= 0.3 is 0 Å². The van der Waals surface area contributed by atoms with Gasteiger partial charge in [-0.2, -0.15) is 0 Å².